The van der Waals surface area contributed by atoms with Gasteiger partial charge in [0.15, 0.2) is 0 Å². The van der Waals surface area contributed by atoms with Crippen LogP contribution in [0.2, 0.25) is 0 Å². The fourth-order valence-electron chi connectivity index (χ4n) is 1.84. The van der Waals surface area contributed by atoms with Crippen molar-refractivity contribution in [3.8, 4) is 0 Å². The summed E-state index contributed by atoms with van der Waals surface area (Å²) in [5.74, 6) is 1.59. The molecule has 2 unspecified atom stereocenters. The van der Waals surface area contributed by atoms with Crippen molar-refractivity contribution < 1.29 is 0 Å². The normalized spacial score (nSPS) is 20.8. The van der Waals surface area contributed by atoms with Gasteiger partial charge in [-0.2, -0.15) is 0 Å². The summed E-state index contributed by atoms with van der Waals surface area (Å²) in [6.07, 6.45) is 3.80. The third kappa shape index (κ3) is 2.38. The molecule has 2 atom stereocenters. The quantitative estimate of drug-likeness (QED) is 0.894. The molecular weight excluding hydrogens is 258 g/mol. The third-order valence-corrected chi connectivity index (χ3v) is 5.10. The molecule has 2 rings (SSSR count). The van der Waals surface area contributed by atoms with Crippen molar-refractivity contribution in [2.24, 2.45) is 17.6 Å². The van der Waals surface area contributed by atoms with Crippen LogP contribution in [0.1, 0.15) is 24.6 Å². The minimum Gasteiger partial charge on any atom is -0.327 e. The molecule has 0 bridgehead atoms. The van der Waals surface area contributed by atoms with Gasteiger partial charge in [0.1, 0.15) is 0 Å². The molecule has 0 aromatic carbocycles. The Bertz CT molecular complexity index is 306. The Hall–Kier alpha value is 0.140. The van der Waals surface area contributed by atoms with Crippen LogP contribution in [0.25, 0.3) is 0 Å². The Labute approximate surface area is 97.8 Å². The highest BCUT2D eigenvalue weighted by atomic mass is 79.9. The molecule has 3 heteroatoms. The van der Waals surface area contributed by atoms with Crippen molar-refractivity contribution >= 4 is 27.3 Å². The predicted molar refractivity (Wildman–Crippen MR) is 65.6 cm³/mol. The average molecular weight is 274 g/mol. The molecule has 1 fully saturated rings. The highest BCUT2D eigenvalue weighted by molar-refractivity contribution is 9.10. The van der Waals surface area contributed by atoms with Crippen LogP contribution in [0, 0.1) is 11.8 Å². The van der Waals surface area contributed by atoms with Crippen molar-refractivity contribution in [1.29, 1.82) is 0 Å². The minimum atomic E-state index is 0.331. The zero-order chi connectivity index (χ0) is 10.1. The second-order valence-corrected chi connectivity index (χ2v) is 6.11. The number of nitrogens with two attached hydrogens (primary N) is 1. The van der Waals surface area contributed by atoms with E-state index in [1.165, 1.54) is 22.2 Å². The number of hydrogen-bond acceptors (Lipinski definition) is 2. The summed E-state index contributed by atoms with van der Waals surface area (Å²) >= 11 is 5.35. The monoisotopic (exact) mass is 273 g/mol. The molecular formula is C11H16BrNS. The summed E-state index contributed by atoms with van der Waals surface area (Å²) < 4.78 is 1.22. The lowest BCUT2D eigenvalue weighted by Crippen LogP contribution is -2.31. The molecule has 0 spiro atoms. The number of halogens is 1. The first-order valence-corrected chi connectivity index (χ1v) is 6.83. The van der Waals surface area contributed by atoms with E-state index in [2.05, 4.69) is 34.3 Å². The summed E-state index contributed by atoms with van der Waals surface area (Å²) in [6.45, 7) is 2.30. The van der Waals surface area contributed by atoms with Gasteiger partial charge in [0.25, 0.3) is 0 Å². The van der Waals surface area contributed by atoms with Gasteiger partial charge < -0.3 is 5.73 Å². The zero-order valence-corrected chi connectivity index (χ0v) is 10.8. The van der Waals surface area contributed by atoms with Crippen LogP contribution in [-0.2, 0) is 6.42 Å². The molecule has 1 aliphatic carbocycles. The SMILES string of the molecule is CC(C(N)Cc1sccc1Br)C1CC1. The van der Waals surface area contributed by atoms with Gasteiger partial charge >= 0.3 is 0 Å². The van der Waals surface area contributed by atoms with Crippen LogP contribution in [0.5, 0.6) is 0 Å². The van der Waals surface area contributed by atoms with Crippen molar-refractivity contribution in [3.05, 3.63) is 20.8 Å². The van der Waals surface area contributed by atoms with Gasteiger partial charge in [-0.25, -0.2) is 0 Å². The van der Waals surface area contributed by atoms with E-state index in [-0.39, 0.29) is 0 Å². The molecule has 1 saturated carbocycles. The summed E-state index contributed by atoms with van der Waals surface area (Å²) in [5, 5.41) is 2.12. The van der Waals surface area contributed by atoms with Crippen molar-refractivity contribution in [2.75, 3.05) is 0 Å². The van der Waals surface area contributed by atoms with Crippen LogP contribution in [0.3, 0.4) is 0 Å². The fraction of sp³-hybridized carbons (Fsp3) is 0.636. The maximum atomic E-state index is 6.20. The zero-order valence-electron chi connectivity index (χ0n) is 8.37. The molecule has 14 heavy (non-hydrogen) atoms. The fourth-order valence-corrected chi connectivity index (χ4v) is 3.43. The Morgan fingerprint density at radius 3 is 2.86 bits per heavy atom. The Morgan fingerprint density at radius 2 is 2.36 bits per heavy atom. The topological polar surface area (TPSA) is 26.0 Å². The number of rotatable bonds is 4. The van der Waals surface area contributed by atoms with Gasteiger partial charge in [0.05, 0.1) is 0 Å². The van der Waals surface area contributed by atoms with Crippen LogP contribution in [0.15, 0.2) is 15.9 Å². The molecule has 1 aromatic rings. The van der Waals surface area contributed by atoms with Gasteiger partial charge in [0.2, 0.25) is 0 Å². The third-order valence-electron chi connectivity index (χ3n) is 3.15. The van der Waals surface area contributed by atoms with Gasteiger partial charge in [-0.1, -0.05) is 6.92 Å². The first-order chi connectivity index (χ1) is 6.68. The van der Waals surface area contributed by atoms with Crippen molar-refractivity contribution in [1.82, 2.24) is 0 Å². The molecule has 1 aliphatic rings. The Balaban J connectivity index is 1.93. The molecule has 1 aromatic heterocycles. The van der Waals surface area contributed by atoms with E-state index < -0.39 is 0 Å². The van der Waals surface area contributed by atoms with Crippen molar-refractivity contribution in [3.63, 3.8) is 0 Å². The molecule has 0 saturated heterocycles. The van der Waals surface area contributed by atoms with Crippen LogP contribution < -0.4 is 5.73 Å². The van der Waals surface area contributed by atoms with Gasteiger partial charge in [-0.15, -0.1) is 11.3 Å². The molecule has 0 radical (unpaired) electrons. The maximum absolute atomic E-state index is 6.20. The highest BCUT2D eigenvalue weighted by Gasteiger charge is 2.31. The molecule has 78 valence electrons. The molecule has 1 heterocycles. The summed E-state index contributed by atoms with van der Waals surface area (Å²) in [4.78, 5) is 1.39. The molecule has 2 N–H and O–H groups in total. The summed E-state index contributed by atoms with van der Waals surface area (Å²) in [6, 6.07) is 2.44. The largest absolute Gasteiger partial charge is 0.327 e. The van der Waals surface area contributed by atoms with E-state index in [0.29, 0.717) is 12.0 Å². The van der Waals surface area contributed by atoms with E-state index in [0.717, 1.165) is 12.3 Å². The second-order valence-electron chi connectivity index (χ2n) is 4.26. The van der Waals surface area contributed by atoms with Crippen LogP contribution >= 0.6 is 27.3 Å². The minimum absolute atomic E-state index is 0.331. The smallest absolute Gasteiger partial charge is 0.0314 e. The van der Waals surface area contributed by atoms with Crippen molar-refractivity contribution in [2.45, 2.75) is 32.2 Å². The van der Waals surface area contributed by atoms with Gasteiger partial charge in [0, 0.05) is 15.4 Å². The Kier molecular flexibility index (Phi) is 3.30. The van der Waals surface area contributed by atoms with E-state index in [1.807, 2.05) is 0 Å². The standard InChI is InChI=1S/C11H16BrNS/c1-7(8-2-3-8)10(13)6-11-9(12)4-5-14-11/h4-5,7-8,10H,2-3,6,13H2,1H3. The van der Waals surface area contributed by atoms with Gasteiger partial charge in [-0.05, 0) is 58.5 Å². The van der Waals surface area contributed by atoms with Gasteiger partial charge in [-0.3, -0.25) is 0 Å². The van der Waals surface area contributed by atoms with E-state index >= 15 is 0 Å². The molecule has 0 aliphatic heterocycles. The first kappa shape index (κ1) is 10.7. The Morgan fingerprint density at radius 1 is 1.64 bits per heavy atom. The second kappa shape index (κ2) is 4.33. The van der Waals surface area contributed by atoms with E-state index in [4.69, 9.17) is 5.73 Å². The summed E-state index contributed by atoms with van der Waals surface area (Å²) in [5.41, 5.74) is 6.20. The number of thiophene rings is 1. The lowest BCUT2D eigenvalue weighted by atomic mass is 9.94. The predicted octanol–water partition coefficient (Wildman–Crippen LogP) is 3.43. The van der Waals surface area contributed by atoms with E-state index in [9.17, 15) is 0 Å². The lowest BCUT2D eigenvalue weighted by Gasteiger charge is -2.18. The summed E-state index contributed by atoms with van der Waals surface area (Å²) in [7, 11) is 0. The van der Waals surface area contributed by atoms with Crippen LogP contribution in [-0.4, -0.2) is 6.04 Å². The average Bonchev–Trinajstić information content (AvgIpc) is 2.92. The number of hydrogen-bond donors (Lipinski definition) is 1. The molecule has 0 amide bonds. The van der Waals surface area contributed by atoms with E-state index in [1.54, 1.807) is 11.3 Å². The molecule has 1 nitrogen and oxygen atoms in total. The highest BCUT2D eigenvalue weighted by Crippen LogP contribution is 2.38. The maximum Gasteiger partial charge on any atom is 0.0314 e. The van der Waals surface area contributed by atoms with Crippen LogP contribution in [0.4, 0.5) is 0 Å². The first-order valence-electron chi connectivity index (χ1n) is 5.16. The lowest BCUT2D eigenvalue weighted by molar-refractivity contribution is 0.405.